The molecule has 0 aliphatic carbocycles. The van der Waals surface area contributed by atoms with Crippen LogP contribution in [0.1, 0.15) is 18.4 Å². The summed E-state index contributed by atoms with van der Waals surface area (Å²) in [6.45, 7) is -0.536. The van der Waals surface area contributed by atoms with Crippen molar-refractivity contribution in [3.05, 3.63) is 29.8 Å². The van der Waals surface area contributed by atoms with Gasteiger partial charge in [-0.15, -0.1) is 0 Å². The average molecular weight is 381 g/mol. The molecule has 2 rings (SSSR count). The SMILES string of the molecule is O=C(CO)CS(=O)(=O)N1CCC(Oc2ccc(C(F)(F)F)cc2)CC1. The predicted octanol–water partition coefficient (Wildman–Crippen LogP) is 1.44. The summed E-state index contributed by atoms with van der Waals surface area (Å²) in [5.41, 5.74) is -0.769. The zero-order valence-electron chi connectivity index (χ0n) is 13.2. The van der Waals surface area contributed by atoms with Crippen LogP contribution in [0.2, 0.25) is 0 Å². The van der Waals surface area contributed by atoms with Crippen molar-refractivity contribution in [1.29, 1.82) is 0 Å². The molecule has 0 unspecified atom stereocenters. The van der Waals surface area contributed by atoms with E-state index in [0.717, 1.165) is 16.4 Å². The van der Waals surface area contributed by atoms with Crippen LogP contribution in [-0.4, -0.2) is 55.2 Å². The average Bonchev–Trinajstić information content (AvgIpc) is 2.54. The maximum absolute atomic E-state index is 12.5. The fraction of sp³-hybridized carbons (Fsp3) is 0.533. The first kappa shape index (κ1) is 19.7. The van der Waals surface area contributed by atoms with E-state index in [1.54, 1.807) is 0 Å². The van der Waals surface area contributed by atoms with Gasteiger partial charge in [0, 0.05) is 13.1 Å². The summed E-state index contributed by atoms with van der Waals surface area (Å²) in [5.74, 6) is -1.23. The first-order valence-electron chi connectivity index (χ1n) is 7.56. The molecule has 1 saturated heterocycles. The Labute approximate surface area is 143 Å². The second kappa shape index (κ2) is 7.71. The number of halogens is 3. The summed E-state index contributed by atoms with van der Waals surface area (Å²) in [6.07, 6.45) is -4.03. The summed E-state index contributed by atoms with van der Waals surface area (Å²) in [6, 6.07) is 4.31. The number of sulfonamides is 1. The van der Waals surface area contributed by atoms with E-state index in [2.05, 4.69) is 0 Å². The van der Waals surface area contributed by atoms with Crippen molar-refractivity contribution in [2.75, 3.05) is 25.4 Å². The van der Waals surface area contributed by atoms with Crippen molar-refractivity contribution >= 4 is 15.8 Å². The molecule has 10 heteroatoms. The number of rotatable bonds is 6. The first-order valence-corrected chi connectivity index (χ1v) is 9.17. The van der Waals surface area contributed by atoms with E-state index in [0.29, 0.717) is 12.8 Å². The van der Waals surface area contributed by atoms with E-state index in [1.807, 2.05) is 0 Å². The second-order valence-electron chi connectivity index (χ2n) is 5.69. The molecule has 6 nitrogen and oxygen atoms in total. The molecule has 0 aromatic heterocycles. The molecule has 140 valence electrons. The third-order valence-corrected chi connectivity index (χ3v) is 5.64. The third kappa shape index (κ3) is 5.41. The van der Waals surface area contributed by atoms with Crippen molar-refractivity contribution in [2.24, 2.45) is 0 Å². The molecule has 1 aliphatic heterocycles. The highest BCUT2D eigenvalue weighted by Crippen LogP contribution is 2.31. The lowest BCUT2D eigenvalue weighted by atomic mass is 10.1. The molecule has 0 radical (unpaired) electrons. The summed E-state index contributed by atoms with van der Waals surface area (Å²) < 4.78 is 68.3. The maximum atomic E-state index is 12.5. The molecule has 0 atom stereocenters. The summed E-state index contributed by atoms with van der Waals surface area (Å²) in [7, 11) is -3.77. The molecular formula is C15H18F3NO5S. The van der Waals surface area contributed by atoms with E-state index in [4.69, 9.17) is 9.84 Å². The molecule has 1 aromatic carbocycles. The standard InChI is InChI=1S/C15H18F3NO5S/c16-15(17,18)11-1-3-13(4-2-11)24-14-5-7-19(8-6-14)25(22,23)10-12(21)9-20/h1-4,14,20H,5-10H2. The number of aliphatic hydroxyl groups excluding tert-OH is 1. The van der Waals surface area contributed by atoms with Gasteiger partial charge in [0.1, 0.15) is 24.2 Å². The lowest BCUT2D eigenvalue weighted by molar-refractivity contribution is -0.137. The van der Waals surface area contributed by atoms with Gasteiger partial charge >= 0.3 is 6.18 Å². The van der Waals surface area contributed by atoms with Gasteiger partial charge in [-0.3, -0.25) is 4.79 Å². The van der Waals surface area contributed by atoms with Crippen LogP contribution in [0, 0.1) is 0 Å². The van der Waals surface area contributed by atoms with Gasteiger partial charge in [0.05, 0.1) is 5.56 Å². The van der Waals surface area contributed by atoms with E-state index in [1.165, 1.54) is 12.1 Å². The molecule has 0 amide bonds. The first-order chi connectivity index (χ1) is 11.6. The number of alkyl halides is 3. The second-order valence-corrected chi connectivity index (χ2v) is 7.66. The summed E-state index contributed by atoms with van der Waals surface area (Å²) in [4.78, 5) is 11.1. The van der Waals surface area contributed by atoms with E-state index in [9.17, 15) is 26.4 Å². The Balaban J connectivity index is 1.89. The van der Waals surface area contributed by atoms with Gasteiger partial charge in [-0.2, -0.15) is 13.2 Å². The molecular weight excluding hydrogens is 363 g/mol. The number of carbonyl (C=O) groups is 1. The molecule has 1 N–H and O–H groups in total. The highest BCUT2D eigenvalue weighted by molar-refractivity contribution is 7.89. The van der Waals surface area contributed by atoms with Crippen LogP contribution in [0.4, 0.5) is 13.2 Å². The number of carbonyl (C=O) groups excluding carboxylic acids is 1. The van der Waals surface area contributed by atoms with Gasteiger partial charge < -0.3 is 9.84 Å². The van der Waals surface area contributed by atoms with E-state index < -0.39 is 39.9 Å². The van der Waals surface area contributed by atoms with Gasteiger partial charge in [0.2, 0.25) is 10.0 Å². The van der Waals surface area contributed by atoms with Crippen LogP contribution >= 0.6 is 0 Å². The Hall–Kier alpha value is -1.65. The normalized spacial score (nSPS) is 17.4. The van der Waals surface area contributed by atoms with Crippen LogP contribution < -0.4 is 4.74 Å². The molecule has 0 spiro atoms. The monoisotopic (exact) mass is 381 g/mol. The lowest BCUT2D eigenvalue weighted by Crippen LogP contribution is -2.44. The highest BCUT2D eigenvalue weighted by atomic mass is 32.2. The fourth-order valence-electron chi connectivity index (χ4n) is 2.48. The molecule has 1 fully saturated rings. The minimum absolute atomic E-state index is 0.145. The van der Waals surface area contributed by atoms with Crippen LogP contribution in [0.25, 0.3) is 0 Å². The highest BCUT2D eigenvalue weighted by Gasteiger charge is 2.31. The Morgan fingerprint density at radius 1 is 1.20 bits per heavy atom. The van der Waals surface area contributed by atoms with Crippen LogP contribution in [0.3, 0.4) is 0 Å². The Morgan fingerprint density at radius 2 is 1.76 bits per heavy atom. The predicted molar refractivity (Wildman–Crippen MR) is 82.5 cm³/mol. The Kier molecular flexibility index (Phi) is 6.07. The van der Waals surface area contributed by atoms with Crippen molar-refractivity contribution in [1.82, 2.24) is 4.31 Å². The number of nitrogens with zero attached hydrogens (tertiary/aromatic N) is 1. The molecule has 25 heavy (non-hydrogen) atoms. The number of Topliss-reactive ketones (excluding diaryl/α,β-unsaturated/α-hetero) is 1. The number of benzene rings is 1. The van der Waals surface area contributed by atoms with E-state index >= 15 is 0 Å². The van der Waals surface area contributed by atoms with Crippen molar-refractivity contribution in [3.63, 3.8) is 0 Å². The summed E-state index contributed by atoms with van der Waals surface area (Å²) >= 11 is 0. The molecule has 0 bridgehead atoms. The van der Waals surface area contributed by atoms with Crippen LogP contribution in [0.5, 0.6) is 5.75 Å². The molecule has 1 heterocycles. The van der Waals surface area contributed by atoms with Crippen molar-refractivity contribution in [3.8, 4) is 5.75 Å². The largest absolute Gasteiger partial charge is 0.490 e. The zero-order chi connectivity index (χ0) is 18.7. The van der Waals surface area contributed by atoms with Gasteiger partial charge in [0.15, 0.2) is 5.78 Å². The van der Waals surface area contributed by atoms with Crippen LogP contribution in [-0.2, 0) is 21.0 Å². The maximum Gasteiger partial charge on any atom is 0.416 e. The summed E-state index contributed by atoms with van der Waals surface area (Å²) in [5, 5.41) is 8.65. The Bertz CT molecular complexity index is 695. The molecule has 1 aliphatic rings. The Morgan fingerprint density at radius 3 is 2.24 bits per heavy atom. The third-order valence-electron chi connectivity index (χ3n) is 3.80. The minimum Gasteiger partial charge on any atom is -0.490 e. The number of hydrogen-bond donors (Lipinski definition) is 1. The van der Waals surface area contributed by atoms with Crippen molar-refractivity contribution in [2.45, 2.75) is 25.1 Å². The fourth-order valence-corrected chi connectivity index (χ4v) is 3.93. The van der Waals surface area contributed by atoms with Gasteiger partial charge in [-0.05, 0) is 37.1 Å². The topological polar surface area (TPSA) is 83.9 Å². The lowest BCUT2D eigenvalue weighted by Gasteiger charge is -2.31. The molecule has 1 aromatic rings. The van der Waals surface area contributed by atoms with Crippen molar-refractivity contribution < 1.29 is 36.2 Å². The van der Waals surface area contributed by atoms with Gasteiger partial charge in [-0.25, -0.2) is 12.7 Å². The van der Waals surface area contributed by atoms with Gasteiger partial charge in [-0.1, -0.05) is 0 Å². The quantitative estimate of drug-likeness (QED) is 0.806. The number of ketones is 1. The number of aliphatic hydroxyl groups is 1. The van der Waals surface area contributed by atoms with Crippen LogP contribution in [0.15, 0.2) is 24.3 Å². The molecule has 0 saturated carbocycles. The smallest absolute Gasteiger partial charge is 0.416 e. The zero-order valence-corrected chi connectivity index (χ0v) is 14.0. The number of hydrogen-bond acceptors (Lipinski definition) is 5. The number of piperidine rings is 1. The minimum atomic E-state index is -4.41. The van der Waals surface area contributed by atoms with E-state index in [-0.39, 0.29) is 24.9 Å². The number of ether oxygens (including phenoxy) is 1. The van der Waals surface area contributed by atoms with Gasteiger partial charge in [0.25, 0.3) is 0 Å².